The third-order valence-corrected chi connectivity index (χ3v) is 7.49. The lowest BCUT2D eigenvalue weighted by Crippen LogP contribution is -2.53. The first-order chi connectivity index (χ1) is 14.5. The van der Waals surface area contributed by atoms with Gasteiger partial charge in [0, 0.05) is 24.2 Å². The van der Waals surface area contributed by atoms with Gasteiger partial charge < -0.3 is 14.6 Å². The van der Waals surface area contributed by atoms with E-state index in [0.717, 1.165) is 48.3 Å². The first-order valence-electron chi connectivity index (χ1n) is 11.2. The molecule has 0 aliphatic heterocycles. The zero-order valence-electron chi connectivity index (χ0n) is 17.6. The Morgan fingerprint density at radius 3 is 2.37 bits per heavy atom. The molecule has 2 aromatic rings. The number of hydrogen-bond donors (Lipinski definition) is 1. The molecule has 0 saturated heterocycles. The molecule has 5 heteroatoms. The van der Waals surface area contributed by atoms with E-state index < -0.39 is 0 Å². The van der Waals surface area contributed by atoms with Gasteiger partial charge in [0.25, 0.3) is 0 Å². The predicted molar refractivity (Wildman–Crippen MR) is 115 cm³/mol. The number of carbonyl (C=O) groups excluding carboxylic acids is 1. The van der Waals surface area contributed by atoms with Crippen molar-refractivity contribution in [2.75, 3.05) is 0 Å². The van der Waals surface area contributed by atoms with Gasteiger partial charge in [-0.25, -0.2) is 0 Å². The van der Waals surface area contributed by atoms with Gasteiger partial charge in [-0.3, -0.25) is 9.59 Å². The highest BCUT2D eigenvalue weighted by Gasteiger charge is 2.54. The highest BCUT2D eigenvalue weighted by molar-refractivity contribution is 5.83. The molecule has 158 valence electrons. The van der Waals surface area contributed by atoms with E-state index in [2.05, 4.69) is 5.32 Å². The molecule has 1 aromatic carbocycles. The van der Waals surface area contributed by atoms with Crippen LogP contribution in [0.4, 0.5) is 0 Å². The second-order valence-electron chi connectivity index (χ2n) is 9.76. The number of ether oxygens (including phenoxy) is 1. The number of aromatic nitrogens is 1. The molecule has 0 atom stereocenters. The number of amides is 1. The average molecular weight is 407 g/mol. The third-order valence-electron chi connectivity index (χ3n) is 7.49. The third kappa shape index (κ3) is 3.66. The number of benzene rings is 1. The number of aryl methyl sites for hydroxylation is 1. The van der Waals surface area contributed by atoms with Crippen LogP contribution in [0.1, 0.15) is 49.8 Å². The van der Waals surface area contributed by atoms with E-state index in [0.29, 0.717) is 18.9 Å². The van der Waals surface area contributed by atoms with Gasteiger partial charge >= 0.3 is 0 Å². The summed E-state index contributed by atoms with van der Waals surface area (Å²) in [5.41, 5.74) is 1.51. The van der Waals surface area contributed by atoms with Crippen molar-refractivity contribution in [3.8, 4) is 5.75 Å². The second-order valence-corrected chi connectivity index (χ2v) is 9.76. The maximum absolute atomic E-state index is 13.2. The van der Waals surface area contributed by atoms with Crippen LogP contribution in [0.25, 0.3) is 0 Å². The van der Waals surface area contributed by atoms with E-state index >= 15 is 0 Å². The SMILES string of the molecule is Cn1cc(OCc2ccccc2)c(=O)cc1CNC(=O)C12CC3CC(CC(C3)C1)C2. The standard InChI is InChI=1S/C25H30N2O3/c1-27-15-23(30-16-17-5-3-2-4-6-17)22(28)10-21(27)14-26-24(29)25-11-18-7-19(12-25)9-20(8-18)13-25/h2-6,10,15,18-20H,7-9,11-14,16H2,1H3,(H,26,29). The maximum Gasteiger partial charge on any atom is 0.226 e. The molecule has 5 nitrogen and oxygen atoms in total. The van der Waals surface area contributed by atoms with E-state index in [1.54, 1.807) is 12.3 Å². The lowest BCUT2D eigenvalue weighted by molar-refractivity contribution is -0.146. The summed E-state index contributed by atoms with van der Waals surface area (Å²) < 4.78 is 7.60. The molecule has 4 fully saturated rings. The highest BCUT2D eigenvalue weighted by atomic mass is 16.5. The molecule has 1 heterocycles. The topological polar surface area (TPSA) is 60.3 Å². The lowest BCUT2D eigenvalue weighted by atomic mass is 9.49. The fourth-order valence-corrected chi connectivity index (χ4v) is 6.41. The van der Waals surface area contributed by atoms with Gasteiger partial charge in [-0.2, -0.15) is 0 Å². The predicted octanol–water partition coefficient (Wildman–Crippen LogP) is 3.80. The van der Waals surface area contributed by atoms with Crippen LogP contribution >= 0.6 is 0 Å². The van der Waals surface area contributed by atoms with E-state index in [1.165, 1.54) is 19.3 Å². The molecule has 0 radical (unpaired) electrons. The number of hydrogen-bond acceptors (Lipinski definition) is 3. The van der Waals surface area contributed by atoms with Crippen LogP contribution in [0.15, 0.2) is 47.4 Å². The summed E-state index contributed by atoms with van der Waals surface area (Å²) in [5.74, 6) is 2.75. The first kappa shape index (κ1) is 19.4. The quantitative estimate of drug-likeness (QED) is 0.794. The second kappa shape index (κ2) is 7.60. The van der Waals surface area contributed by atoms with Gasteiger partial charge in [0.15, 0.2) is 5.75 Å². The van der Waals surface area contributed by atoms with Gasteiger partial charge in [0.05, 0.1) is 12.7 Å². The summed E-state index contributed by atoms with van der Waals surface area (Å²) in [6, 6.07) is 11.4. The van der Waals surface area contributed by atoms with Gasteiger partial charge in [0.1, 0.15) is 6.61 Å². The number of pyridine rings is 1. The molecule has 4 saturated carbocycles. The summed E-state index contributed by atoms with van der Waals surface area (Å²) >= 11 is 0. The largest absolute Gasteiger partial charge is 0.483 e. The van der Waals surface area contributed by atoms with Crippen molar-refractivity contribution in [2.45, 2.75) is 51.7 Å². The fraction of sp³-hybridized carbons (Fsp3) is 0.520. The highest BCUT2D eigenvalue weighted by Crippen LogP contribution is 2.60. The molecule has 6 rings (SSSR count). The summed E-state index contributed by atoms with van der Waals surface area (Å²) in [4.78, 5) is 25.7. The molecule has 0 spiro atoms. The first-order valence-corrected chi connectivity index (χ1v) is 11.2. The van der Waals surface area contributed by atoms with Crippen molar-refractivity contribution in [2.24, 2.45) is 30.2 Å². The fourth-order valence-electron chi connectivity index (χ4n) is 6.41. The van der Waals surface area contributed by atoms with Crippen molar-refractivity contribution in [1.82, 2.24) is 9.88 Å². The number of rotatable bonds is 6. The van der Waals surface area contributed by atoms with Gasteiger partial charge in [-0.1, -0.05) is 30.3 Å². The van der Waals surface area contributed by atoms with Crippen LogP contribution < -0.4 is 15.5 Å². The molecule has 4 bridgehead atoms. The number of nitrogens with one attached hydrogen (secondary N) is 1. The number of carbonyl (C=O) groups is 1. The van der Waals surface area contributed by atoms with E-state index in [1.807, 2.05) is 41.9 Å². The summed E-state index contributed by atoms with van der Waals surface area (Å²) in [7, 11) is 1.89. The zero-order valence-corrected chi connectivity index (χ0v) is 17.6. The molecular formula is C25H30N2O3. The van der Waals surface area contributed by atoms with Crippen LogP contribution in [0.3, 0.4) is 0 Å². The zero-order chi connectivity index (χ0) is 20.7. The van der Waals surface area contributed by atoms with Crippen LogP contribution in [0.5, 0.6) is 5.75 Å². The van der Waals surface area contributed by atoms with E-state index in [-0.39, 0.29) is 16.8 Å². The molecular weight excluding hydrogens is 376 g/mol. The van der Waals surface area contributed by atoms with Crippen molar-refractivity contribution in [1.29, 1.82) is 0 Å². The van der Waals surface area contributed by atoms with E-state index in [4.69, 9.17) is 4.74 Å². The Morgan fingerprint density at radius 2 is 1.73 bits per heavy atom. The Labute approximate surface area is 177 Å². The van der Waals surface area contributed by atoms with Crippen molar-refractivity contribution >= 4 is 5.91 Å². The Morgan fingerprint density at radius 1 is 1.10 bits per heavy atom. The summed E-state index contributed by atoms with van der Waals surface area (Å²) in [5, 5.41) is 3.16. The molecule has 1 N–H and O–H groups in total. The Balaban J connectivity index is 1.24. The van der Waals surface area contributed by atoms with Crippen LogP contribution in [0.2, 0.25) is 0 Å². The molecule has 4 aliphatic rings. The van der Waals surface area contributed by atoms with E-state index in [9.17, 15) is 9.59 Å². The van der Waals surface area contributed by atoms with Crippen molar-refractivity contribution in [3.05, 3.63) is 64.1 Å². The Kier molecular flexibility index (Phi) is 4.92. The van der Waals surface area contributed by atoms with Crippen molar-refractivity contribution < 1.29 is 9.53 Å². The Hall–Kier alpha value is -2.56. The van der Waals surface area contributed by atoms with Crippen molar-refractivity contribution in [3.63, 3.8) is 0 Å². The minimum absolute atomic E-state index is 0.150. The summed E-state index contributed by atoms with van der Waals surface area (Å²) in [6.45, 7) is 0.740. The maximum atomic E-state index is 13.2. The smallest absolute Gasteiger partial charge is 0.226 e. The molecule has 1 aromatic heterocycles. The van der Waals surface area contributed by atoms with Gasteiger partial charge in [0.2, 0.25) is 11.3 Å². The molecule has 4 aliphatic carbocycles. The monoisotopic (exact) mass is 406 g/mol. The van der Waals surface area contributed by atoms with Crippen LogP contribution in [0, 0.1) is 23.2 Å². The minimum Gasteiger partial charge on any atom is -0.483 e. The minimum atomic E-state index is -0.160. The van der Waals surface area contributed by atoms with Crippen LogP contribution in [-0.4, -0.2) is 10.5 Å². The normalized spacial score (nSPS) is 29.0. The molecule has 1 amide bonds. The van der Waals surface area contributed by atoms with Gasteiger partial charge in [-0.15, -0.1) is 0 Å². The molecule has 0 unspecified atom stereocenters. The Bertz CT molecular complexity index is 960. The number of nitrogens with zero attached hydrogens (tertiary/aromatic N) is 1. The molecule has 30 heavy (non-hydrogen) atoms. The van der Waals surface area contributed by atoms with Crippen LogP contribution in [-0.2, 0) is 25.0 Å². The average Bonchev–Trinajstić information content (AvgIpc) is 2.72. The summed E-state index contributed by atoms with van der Waals surface area (Å²) in [6.07, 6.45) is 8.85. The lowest BCUT2D eigenvalue weighted by Gasteiger charge is -2.55. The van der Waals surface area contributed by atoms with Gasteiger partial charge in [-0.05, 0) is 61.8 Å².